The Morgan fingerprint density at radius 3 is 2.89 bits per heavy atom. The van der Waals surface area contributed by atoms with Crippen molar-refractivity contribution in [1.29, 1.82) is 0 Å². The lowest BCUT2D eigenvalue weighted by molar-refractivity contribution is 0.420. The fourth-order valence-electron chi connectivity index (χ4n) is 1.49. The maximum atomic E-state index is 13.6. The number of nitrogens with zero attached hydrogens (tertiary/aromatic N) is 2. The molecule has 5 nitrogen and oxygen atoms in total. The first-order valence-electron chi connectivity index (χ1n) is 5.63. The van der Waals surface area contributed by atoms with Crippen LogP contribution in [0.4, 0.5) is 10.3 Å². The summed E-state index contributed by atoms with van der Waals surface area (Å²) in [6.07, 6.45) is 4.72. The van der Waals surface area contributed by atoms with Gasteiger partial charge in [0.1, 0.15) is 5.75 Å². The number of nitrogen functional groups attached to an aromatic ring is 1. The van der Waals surface area contributed by atoms with Gasteiger partial charge in [-0.15, -0.1) is 0 Å². The van der Waals surface area contributed by atoms with Crippen molar-refractivity contribution in [3.05, 3.63) is 47.9 Å². The molecule has 0 aliphatic heterocycles. The third-order valence-corrected chi connectivity index (χ3v) is 2.31. The number of ether oxygens (including phenoxy) is 1. The molecule has 0 aliphatic carbocycles. The van der Waals surface area contributed by atoms with Crippen molar-refractivity contribution in [3.8, 4) is 11.6 Å². The molecule has 0 spiro atoms. The zero-order valence-electron chi connectivity index (χ0n) is 10.3. The van der Waals surface area contributed by atoms with Crippen molar-refractivity contribution in [1.82, 2.24) is 9.97 Å². The summed E-state index contributed by atoms with van der Waals surface area (Å²) < 4.78 is 19.0. The van der Waals surface area contributed by atoms with E-state index in [1.165, 1.54) is 0 Å². The minimum absolute atomic E-state index is 0.0833. The van der Waals surface area contributed by atoms with Gasteiger partial charge >= 0.3 is 0 Å². The molecule has 0 aliphatic rings. The standard InChI is InChI=1S/C13H13FN4O/c1-2-5-9-6-3-4-7-11(9)19-12-10(14)8-16-13(17-12)18-15/h2-8H,15H2,1H3,(H,16,17,18)/b5-2+. The summed E-state index contributed by atoms with van der Waals surface area (Å²) in [7, 11) is 0. The van der Waals surface area contributed by atoms with Crippen LogP contribution in [0.5, 0.6) is 11.6 Å². The SMILES string of the molecule is C/C=C/c1ccccc1Oc1nc(NN)ncc1F. The van der Waals surface area contributed by atoms with E-state index in [-0.39, 0.29) is 11.8 Å². The Kier molecular flexibility index (Phi) is 4.04. The van der Waals surface area contributed by atoms with E-state index in [4.69, 9.17) is 10.6 Å². The van der Waals surface area contributed by atoms with Gasteiger partial charge in [0.05, 0.1) is 6.20 Å². The van der Waals surface area contributed by atoms with Crippen LogP contribution in [0.15, 0.2) is 36.5 Å². The summed E-state index contributed by atoms with van der Waals surface area (Å²) >= 11 is 0. The lowest BCUT2D eigenvalue weighted by Crippen LogP contribution is -2.11. The predicted octanol–water partition coefficient (Wildman–Crippen LogP) is 2.73. The average molecular weight is 260 g/mol. The fraction of sp³-hybridized carbons (Fsp3) is 0.0769. The maximum Gasteiger partial charge on any atom is 0.260 e. The first-order valence-corrected chi connectivity index (χ1v) is 5.63. The van der Waals surface area contributed by atoms with Crippen molar-refractivity contribution in [3.63, 3.8) is 0 Å². The zero-order valence-corrected chi connectivity index (χ0v) is 10.3. The number of para-hydroxylation sites is 1. The van der Waals surface area contributed by atoms with E-state index < -0.39 is 5.82 Å². The quantitative estimate of drug-likeness (QED) is 0.653. The summed E-state index contributed by atoms with van der Waals surface area (Å²) in [5.74, 6) is 4.92. The molecule has 2 aromatic rings. The van der Waals surface area contributed by atoms with E-state index in [0.29, 0.717) is 5.75 Å². The predicted molar refractivity (Wildman–Crippen MR) is 71.0 cm³/mol. The Bertz CT molecular complexity index is 601. The average Bonchev–Trinajstić information content (AvgIpc) is 2.43. The zero-order chi connectivity index (χ0) is 13.7. The van der Waals surface area contributed by atoms with E-state index in [2.05, 4.69) is 15.4 Å². The van der Waals surface area contributed by atoms with Gasteiger partial charge < -0.3 is 4.74 Å². The van der Waals surface area contributed by atoms with Gasteiger partial charge in [0.15, 0.2) is 0 Å². The number of rotatable bonds is 4. The van der Waals surface area contributed by atoms with E-state index >= 15 is 0 Å². The maximum absolute atomic E-state index is 13.6. The molecule has 1 heterocycles. The highest BCUT2D eigenvalue weighted by molar-refractivity contribution is 5.57. The van der Waals surface area contributed by atoms with E-state index in [1.54, 1.807) is 12.1 Å². The van der Waals surface area contributed by atoms with Crippen LogP contribution in [-0.2, 0) is 0 Å². The number of halogens is 1. The van der Waals surface area contributed by atoms with Gasteiger partial charge in [-0.2, -0.15) is 9.37 Å². The van der Waals surface area contributed by atoms with Crippen molar-refractivity contribution < 1.29 is 9.13 Å². The minimum Gasteiger partial charge on any atom is -0.436 e. The van der Waals surface area contributed by atoms with E-state index in [0.717, 1.165) is 11.8 Å². The first kappa shape index (κ1) is 13.0. The summed E-state index contributed by atoms with van der Waals surface area (Å²) in [6.45, 7) is 1.89. The number of aromatic nitrogens is 2. The molecule has 0 unspecified atom stereocenters. The van der Waals surface area contributed by atoms with Gasteiger partial charge in [-0.1, -0.05) is 30.4 Å². The summed E-state index contributed by atoms with van der Waals surface area (Å²) in [6, 6.07) is 7.25. The van der Waals surface area contributed by atoms with Crippen molar-refractivity contribution >= 4 is 12.0 Å². The van der Waals surface area contributed by atoms with Crippen LogP contribution < -0.4 is 16.0 Å². The van der Waals surface area contributed by atoms with Crippen molar-refractivity contribution in [2.75, 3.05) is 5.43 Å². The second kappa shape index (κ2) is 5.92. The molecule has 0 saturated heterocycles. The lowest BCUT2D eigenvalue weighted by atomic mass is 10.2. The normalized spacial score (nSPS) is 10.7. The molecule has 0 fully saturated rings. The van der Waals surface area contributed by atoms with Crippen LogP contribution in [0, 0.1) is 5.82 Å². The number of allylic oxidation sites excluding steroid dienone is 1. The Hall–Kier alpha value is -2.47. The number of nitrogens with two attached hydrogens (primary N) is 1. The second-order valence-electron chi connectivity index (χ2n) is 3.63. The molecule has 0 atom stereocenters. The highest BCUT2D eigenvalue weighted by Gasteiger charge is 2.10. The van der Waals surface area contributed by atoms with Gasteiger partial charge in [0, 0.05) is 5.56 Å². The largest absolute Gasteiger partial charge is 0.436 e. The number of nitrogens with one attached hydrogen (secondary N) is 1. The van der Waals surface area contributed by atoms with Gasteiger partial charge in [0.25, 0.3) is 5.88 Å². The number of benzene rings is 1. The van der Waals surface area contributed by atoms with Gasteiger partial charge in [0.2, 0.25) is 11.8 Å². The van der Waals surface area contributed by atoms with Gasteiger partial charge in [-0.05, 0) is 13.0 Å². The molecule has 6 heteroatoms. The van der Waals surface area contributed by atoms with Gasteiger partial charge in [-0.25, -0.2) is 10.8 Å². The molecule has 0 amide bonds. The number of anilines is 1. The molecule has 2 rings (SSSR count). The molecular weight excluding hydrogens is 247 g/mol. The van der Waals surface area contributed by atoms with Crippen molar-refractivity contribution in [2.45, 2.75) is 6.92 Å². The highest BCUT2D eigenvalue weighted by atomic mass is 19.1. The number of hydrazine groups is 1. The Morgan fingerprint density at radius 2 is 2.16 bits per heavy atom. The molecule has 1 aromatic carbocycles. The van der Waals surface area contributed by atoms with Crippen LogP contribution in [0.3, 0.4) is 0 Å². The number of hydrogen-bond acceptors (Lipinski definition) is 5. The van der Waals surface area contributed by atoms with Crippen LogP contribution >= 0.6 is 0 Å². The van der Waals surface area contributed by atoms with Crippen LogP contribution in [-0.4, -0.2) is 9.97 Å². The number of hydrogen-bond donors (Lipinski definition) is 2. The van der Waals surface area contributed by atoms with E-state index in [1.807, 2.05) is 31.2 Å². The summed E-state index contributed by atoms with van der Waals surface area (Å²) in [5, 5.41) is 0. The topological polar surface area (TPSA) is 73.1 Å². The minimum atomic E-state index is -0.658. The molecule has 0 bridgehead atoms. The molecule has 98 valence electrons. The van der Waals surface area contributed by atoms with Crippen LogP contribution in [0.1, 0.15) is 12.5 Å². The highest BCUT2D eigenvalue weighted by Crippen LogP contribution is 2.26. The molecule has 19 heavy (non-hydrogen) atoms. The molecule has 3 N–H and O–H groups in total. The molecule has 1 aromatic heterocycles. The summed E-state index contributed by atoms with van der Waals surface area (Å²) in [4.78, 5) is 7.46. The van der Waals surface area contributed by atoms with Crippen molar-refractivity contribution in [2.24, 2.45) is 5.84 Å². The second-order valence-corrected chi connectivity index (χ2v) is 3.63. The van der Waals surface area contributed by atoms with Crippen LogP contribution in [0.2, 0.25) is 0 Å². The molecular formula is C13H13FN4O. The van der Waals surface area contributed by atoms with E-state index in [9.17, 15) is 4.39 Å². The molecule has 0 radical (unpaired) electrons. The third-order valence-electron chi connectivity index (χ3n) is 2.31. The Labute approximate surface area is 109 Å². The van der Waals surface area contributed by atoms with Crippen LogP contribution in [0.25, 0.3) is 6.08 Å². The monoisotopic (exact) mass is 260 g/mol. The lowest BCUT2D eigenvalue weighted by Gasteiger charge is -2.09. The Morgan fingerprint density at radius 1 is 1.37 bits per heavy atom. The first-order chi connectivity index (χ1) is 9.24. The summed E-state index contributed by atoms with van der Waals surface area (Å²) in [5.41, 5.74) is 3.06. The molecule has 0 saturated carbocycles. The smallest absolute Gasteiger partial charge is 0.260 e. The van der Waals surface area contributed by atoms with Gasteiger partial charge in [-0.3, -0.25) is 5.43 Å². The third kappa shape index (κ3) is 3.05. The Balaban J connectivity index is 2.35. The fourth-order valence-corrected chi connectivity index (χ4v) is 1.49.